The zero-order valence-electron chi connectivity index (χ0n) is 10.4. The molecule has 0 radical (unpaired) electrons. The van der Waals surface area contributed by atoms with Gasteiger partial charge >= 0.3 is 6.18 Å². The molecule has 1 aliphatic rings. The first-order valence-corrected chi connectivity index (χ1v) is 6.57. The van der Waals surface area contributed by atoms with Crippen molar-refractivity contribution in [2.75, 3.05) is 18.8 Å². The van der Waals surface area contributed by atoms with Crippen LogP contribution in [0.3, 0.4) is 0 Å². The number of rotatable bonds is 2. The second-order valence-corrected chi connectivity index (χ2v) is 5.38. The Bertz CT molecular complexity index is 448. The number of nitrogens with two attached hydrogens (primary N) is 1. The van der Waals surface area contributed by atoms with Crippen molar-refractivity contribution in [1.82, 2.24) is 4.90 Å². The highest BCUT2D eigenvalue weighted by molar-refractivity contribution is 6.33. The van der Waals surface area contributed by atoms with Gasteiger partial charge in [-0.3, -0.25) is 4.90 Å². The van der Waals surface area contributed by atoms with Crippen molar-refractivity contribution in [2.24, 2.45) is 5.92 Å². The topological polar surface area (TPSA) is 29.3 Å². The van der Waals surface area contributed by atoms with E-state index in [0.29, 0.717) is 30.2 Å². The molecule has 1 aromatic rings. The molecule has 106 valence electrons. The van der Waals surface area contributed by atoms with Crippen molar-refractivity contribution in [3.05, 3.63) is 28.8 Å². The molecule has 1 unspecified atom stereocenters. The van der Waals surface area contributed by atoms with Crippen molar-refractivity contribution in [3.63, 3.8) is 0 Å². The van der Waals surface area contributed by atoms with E-state index in [1.807, 2.05) is 4.90 Å². The summed E-state index contributed by atoms with van der Waals surface area (Å²) in [4.78, 5) is 1.82. The van der Waals surface area contributed by atoms with E-state index in [2.05, 4.69) is 0 Å². The molecule has 1 atom stereocenters. The third-order valence-corrected chi connectivity index (χ3v) is 3.78. The van der Waals surface area contributed by atoms with Gasteiger partial charge in [0, 0.05) is 13.1 Å². The maximum atomic E-state index is 12.7. The van der Waals surface area contributed by atoms with Gasteiger partial charge in [0.2, 0.25) is 0 Å². The van der Waals surface area contributed by atoms with E-state index >= 15 is 0 Å². The number of benzene rings is 1. The predicted molar refractivity (Wildman–Crippen MR) is 69.9 cm³/mol. The van der Waals surface area contributed by atoms with Crippen LogP contribution in [-0.4, -0.2) is 24.2 Å². The van der Waals surface area contributed by atoms with Crippen LogP contribution < -0.4 is 5.73 Å². The molecule has 1 aliphatic heterocycles. The van der Waals surface area contributed by atoms with Gasteiger partial charge in [0.05, 0.1) is 16.6 Å². The van der Waals surface area contributed by atoms with E-state index in [1.54, 1.807) is 18.2 Å². The van der Waals surface area contributed by atoms with Gasteiger partial charge in [-0.05, 0) is 37.1 Å². The fourth-order valence-corrected chi connectivity index (χ4v) is 2.53. The van der Waals surface area contributed by atoms with Crippen LogP contribution in [0.4, 0.5) is 18.9 Å². The Morgan fingerprint density at radius 2 is 2.11 bits per heavy atom. The highest BCUT2D eigenvalue weighted by Gasteiger charge is 2.41. The second kappa shape index (κ2) is 5.59. The van der Waals surface area contributed by atoms with E-state index in [4.69, 9.17) is 17.3 Å². The number of nitrogens with zero attached hydrogens (tertiary/aromatic N) is 1. The fourth-order valence-electron chi connectivity index (χ4n) is 2.42. The molecule has 2 rings (SSSR count). The van der Waals surface area contributed by atoms with Crippen LogP contribution in [0.15, 0.2) is 18.2 Å². The molecule has 2 nitrogen and oxygen atoms in total. The lowest BCUT2D eigenvalue weighted by atomic mass is 9.97. The van der Waals surface area contributed by atoms with Crippen LogP contribution in [0.2, 0.25) is 5.02 Å². The molecular formula is C13H16ClF3N2. The lowest BCUT2D eigenvalue weighted by Gasteiger charge is -2.33. The van der Waals surface area contributed by atoms with Crippen molar-refractivity contribution < 1.29 is 13.2 Å². The van der Waals surface area contributed by atoms with Crippen LogP contribution in [0, 0.1) is 5.92 Å². The molecule has 1 saturated heterocycles. The van der Waals surface area contributed by atoms with Crippen molar-refractivity contribution in [3.8, 4) is 0 Å². The summed E-state index contributed by atoms with van der Waals surface area (Å²) < 4.78 is 38.1. The number of likely N-dealkylation sites (tertiary alicyclic amines) is 1. The Morgan fingerprint density at radius 1 is 1.37 bits per heavy atom. The quantitative estimate of drug-likeness (QED) is 0.842. The van der Waals surface area contributed by atoms with E-state index in [0.717, 1.165) is 5.56 Å². The number of alkyl halides is 3. The van der Waals surface area contributed by atoms with Crippen LogP contribution in [0.5, 0.6) is 0 Å². The largest absolute Gasteiger partial charge is 0.398 e. The van der Waals surface area contributed by atoms with Gasteiger partial charge in [-0.2, -0.15) is 13.2 Å². The highest BCUT2D eigenvalue weighted by atomic mass is 35.5. The Kier molecular flexibility index (Phi) is 4.26. The third kappa shape index (κ3) is 3.76. The summed E-state index contributed by atoms with van der Waals surface area (Å²) in [5, 5.41) is 0.468. The summed E-state index contributed by atoms with van der Waals surface area (Å²) in [5.41, 5.74) is 7.05. The zero-order chi connectivity index (χ0) is 14.0. The fraction of sp³-hybridized carbons (Fsp3) is 0.538. The molecule has 6 heteroatoms. The molecule has 2 N–H and O–H groups in total. The van der Waals surface area contributed by atoms with Crippen LogP contribution in [-0.2, 0) is 6.54 Å². The maximum absolute atomic E-state index is 12.7. The smallest absolute Gasteiger partial charge is 0.393 e. The maximum Gasteiger partial charge on any atom is 0.393 e. The normalized spacial score (nSPS) is 21.6. The lowest BCUT2D eigenvalue weighted by molar-refractivity contribution is -0.187. The van der Waals surface area contributed by atoms with E-state index < -0.39 is 12.1 Å². The molecule has 0 saturated carbocycles. The summed E-state index contributed by atoms with van der Waals surface area (Å²) in [5.74, 6) is -1.22. The first-order valence-electron chi connectivity index (χ1n) is 6.19. The number of anilines is 1. The van der Waals surface area contributed by atoms with Crippen molar-refractivity contribution in [1.29, 1.82) is 0 Å². The summed E-state index contributed by atoms with van der Waals surface area (Å²) in [6.07, 6.45) is -3.30. The molecular weight excluding hydrogens is 277 g/mol. The number of halogens is 4. The first kappa shape index (κ1) is 14.5. The minimum Gasteiger partial charge on any atom is -0.398 e. The van der Waals surface area contributed by atoms with Crippen LogP contribution in [0.1, 0.15) is 18.4 Å². The average molecular weight is 293 g/mol. The Hall–Kier alpha value is -0.940. The molecule has 19 heavy (non-hydrogen) atoms. The average Bonchev–Trinajstić information content (AvgIpc) is 2.33. The number of hydrogen-bond acceptors (Lipinski definition) is 2. The van der Waals surface area contributed by atoms with Crippen LogP contribution >= 0.6 is 11.6 Å². The van der Waals surface area contributed by atoms with Gasteiger partial charge in [0.25, 0.3) is 0 Å². The minimum atomic E-state index is -4.10. The van der Waals surface area contributed by atoms with E-state index in [-0.39, 0.29) is 13.0 Å². The highest BCUT2D eigenvalue weighted by Crippen LogP contribution is 2.33. The lowest BCUT2D eigenvalue weighted by Crippen LogP contribution is -2.41. The molecule has 0 amide bonds. The third-order valence-electron chi connectivity index (χ3n) is 3.44. The summed E-state index contributed by atoms with van der Waals surface area (Å²) in [6, 6.07) is 5.20. The first-order chi connectivity index (χ1) is 8.86. The van der Waals surface area contributed by atoms with Gasteiger partial charge in [-0.15, -0.1) is 0 Å². The summed E-state index contributed by atoms with van der Waals surface area (Å²) >= 11 is 5.82. The Balaban J connectivity index is 2.00. The number of nitrogen functional groups attached to an aromatic ring is 1. The van der Waals surface area contributed by atoms with Crippen molar-refractivity contribution >= 4 is 17.3 Å². The standard InChI is InChI=1S/C13H16ClF3N2/c14-11-4-3-9(6-12(11)18)7-19-5-1-2-10(8-19)13(15,16)17/h3-4,6,10H,1-2,5,7-8,18H2. The molecule has 1 heterocycles. The summed E-state index contributed by atoms with van der Waals surface area (Å²) in [7, 11) is 0. The molecule has 1 fully saturated rings. The second-order valence-electron chi connectivity index (χ2n) is 4.97. The molecule has 0 aliphatic carbocycles. The monoisotopic (exact) mass is 292 g/mol. The molecule has 0 spiro atoms. The molecule has 1 aromatic carbocycles. The van der Waals surface area contributed by atoms with Gasteiger partial charge in [0.15, 0.2) is 0 Å². The van der Waals surface area contributed by atoms with Gasteiger partial charge < -0.3 is 5.73 Å². The molecule has 0 bridgehead atoms. The summed E-state index contributed by atoms with van der Waals surface area (Å²) in [6.45, 7) is 1.23. The molecule has 0 aromatic heterocycles. The van der Waals surface area contributed by atoms with Crippen molar-refractivity contribution in [2.45, 2.75) is 25.6 Å². The Morgan fingerprint density at radius 3 is 2.74 bits per heavy atom. The zero-order valence-corrected chi connectivity index (χ0v) is 11.1. The van der Waals surface area contributed by atoms with Gasteiger partial charge in [-0.25, -0.2) is 0 Å². The number of piperidine rings is 1. The SMILES string of the molecule is Nc1cc(CN2CCCC(C(F)(F)F)C2)ccc1Cl. The van der Waals surface area contributed by atoms with Crippen LogP contribution in [0.25, 0.3) is 0 Å². The number of hydrogen-bond donors (Lipinski definition) is 1. The minimum absolute atomic E-state index is 0.0615. The Labute approximate surface area is 115 Å². The van der Waals surface area contributed by atoms with Gasteiger partial charge in [0.1, 0.15) is 0 Å². The predicted octanol–water partition coefficient (Wildman–Crippen LogP) is 3.70. The van der Waals surface area contributed by atoms with E-state index in [1.165, 1.54) is 0 Å². The van der Waals surface area contributed by atoms with E-state index in [9.17, 15) is 13.2 Å². The van der Waals surface area contributed by atoms with Gasteiger partial charge in [-0.1, -0.05) is 17.7 Å².